The monoisotopic (exact) mass is 441 g/mol. The Morgan fingerprint density at radius 3 is 2.09 bits per heavy atom. The summed E-state index contributed by atoms with van der Waals surface area (Å²) in [5.41, 5.74) is 2.55. The van der Waals surface area contributed by atoms with Crippen LogP contribution >= 0.6 is 0 Å². The first-order chi connectivity index (χ1) is 15.4. The summed E-state index contributed by atoms with van der Waals surface area (Å²) in [5.74, 6) is -1.97. The second kappa shape index (κ2) is 7.57. The van der Waals surface area contributed by atoms with Crippen molar-refractivity contribution in [1.82, 2.24) is 4.90 Å². The number of fused-ring (bicyclic) bond motifs is 3. The molecule has 0 radical (unpaired) electrons. The van der Waals surface area contributed by atoms with Crippen molar-refractivity contribution in [3.63, 3.8) is 0 Å². The van der Waals surface area contributed by atoms with Gasteiger partial charge >= 0.3 is 12.1 Å². The molecule has 1 heterocycles. The number of carboxylic acid groups (broad SMARTS) is 1. The molecule has 1 amide bonds. The van der Waals surface area contributed by atoms with Gasteiger partial charge in [0, 0.05) is 29.8 Å². The molecule has 5 nitrogen and oxygen atoms in total. The zero-order valence-electron chi connectivity index (χ0n) is 17.6. The van der Waals surface area contributed by atoms with Crippen LogP contribution in [0.15, 0.2) is 48.5 Å². The fourth-order valence-electron chi connectivity index (χ4n) is 6.16. The Morgan fingerprint density at radius 2 is 1.56 bits per heavy atom. The van der Waals surface area contributed by atoms with Crippen molar-refractivity contribution in [2.24, 2.45) is 16.7 Å². The molecule has 5 rings (SSSR count). The molecule has 1 N–H and O–H groups in total. The Morgan fingerprint density at radius 1 is 1.00 bits per heavy atom. The number of carbonyl (C=O) groups is 2. The number of alkyl halides is 2. The van der Waals surface area contributed by atoms with Crippen molar-refractivity contribution in [3.8, 4) is 11.1 Å². The van der Waals surface area contributed by atoms with E-state index >= 15 is 0 Å². The summed E-state index contributed by atoms with van der Waals surface area (Å²) in [7, 11) is 0. The van der Waals surface area contributed by atoms with E-state index in [9.17, 15) is 23.5 Å². The lowest BCUT2D eigenvalue weighted by molar-refractivity contribution is -0.155. The lowest BCUT2D eigenvalue weighted by Gasteiger charge is -2.53. The highest BCUT2D eigenvalue weighted by Gasteiger charge is 2.64. The molecule has 2 fully saturated rings. The summed E-state index contributed by atoms with van der Waals surface area (Å²) < 4.78 is 32.4. The molecular formula is C25H25F2NO4. The first kappa shape index (κ1) is 20.9. The summed E-state index contributed by atoms with van der Waals surface area (Å²) in [4.78, 5) is 26.1. The largest absolute Gasteiger partial charge is 0.481 e. The Labute approximate surface area is 185 Å². The van der Waals surface area contributed by atoms with Gasteiger partial charge in [0.1, 0.15) is 6.61 Å². The first-order valence-electron chi connectivity index (χ1n) is 10.9. The van der Waals surface area contributed by atoms with Crippen LogP contribution in [-0.4, -0.2) is 55.1 Å². The molecule has 168 valence electrons. The first-order valence-corrected chi connectivity index (χ1v) is 10.9. The minimum absolute atomic E-state index is 0.000654. The van der Waals surface area contributed by atoms with Gasteiger partial charge in [0.25, 0.3) is 0 Å². The van der Waals surface area contributed by atoms with Crippen molar-refractivity contribution >= 4 is 12.1 Å². The number of aliphatic carboxylic acids is 1. The summed E-state index contributed by atoms with van der Waals surface area (Å²) in [6.07, 6.45) is -0.304. The number of hydrogen-bond donors (Lipinski definition) is 1. The number of carbonyl (C=O) groups excluding carboxylic acids is 1. The molecule has 1 spiro atoms. The van der Waals surface area contributed by atoms with E-state index in [4.69, 9.17) is 4.74 Å². The second-order valence-electron chi connectivity index (χ2n) is 9.56. The maximum atomic E-state index is 13.4. The molecule has 32 heavy (non-hydrogen) atoms. The van der Waals surface area contributed by atoms with Crippen molar-refractivity contribution in [1.29, 1.82) is 0 Å². The number of benzene rings is 2. The fourth-order valence-corrected chi connectivity index (χ4v) is 6.16. The number of likely N-dealkylation sites (tertiary alicyclic amines) is 1. The minimum atomic E-state index is -1.11. The van der Waals surface area contributed by atoms with Crippen LogP contribution in [0.5, 0.6) is 0 Å². The smallest absolute Gasteiger partial charge is 0.409 e. The average molecular weight is 441 g/mol. The predicted octanol–water partition coefficient (Wildman–Crippen LogP) is 4.66. The van der Waals surface area contributed by atoms with E-state index in [1.54, 1.807) is 0 Å². The SMILES string of the molecule is O=C(O)C1CN(C(=O)OCC2c3ccccc3-c3ccccc32)CC12CC(CF)(CF)C2. The minimum Gasteiger partial charge on any atom is -0.481 e. The molecule has 2 aliphatic carbocycles. The third-order valence-corrected chi connectivity index (χ3v) is 7.56. The van der Waals surface area contributed by atoms with Gasteiger partial charge in [0.15, 0.2) is 0 Å². The predicted molar refractivity (Wildman–Crippen MR) is 114 cm³/mol. The Bertz CT molecular complexity index is 1010. The van der Waals surface area contributed by atoms with E-state index in [1.165, 1.54) is 4.90 Å². The van der Waals surface area contributed by atoms with Crippen LogP contribution in [0.2, 0.25) is 0 Å². The van der Waals surface area contributed by atoms with E-state index in [-0.39, 0.29) is 38.5 Å². The van der Waals surface area contributed by atoms with Gasteiger partial charge < -0.3 is 14.7 Å². The van der Waals surface area contributed by atoms with Crippen molar-refractivity contribution in [2.45, 2.75) is 18.8 Å². The van der Waals surface area contributed by atoms with Gasteiger partial charge in [-0.1, -0.05) is 48.5 Å². The van der Waals surface area contributed by atoms with Crippen LogP contribution in [-0.2, 0) is 9.53 Å². The average Bonchev–Trinajstić information content (AvgIpc) is 3.33. The summed E-state index contributed by atoms with van der Waals surface area (Å²) in [5, 5.41) is 9.68. The number of hydrogen-bond acceptors (Lipinski definition) is 3. The van der Waals surface area contributed by atoms with E-state index in [0.29, 0.717) is 0 Å². The van der Waals surface area contributed by atoms with Gasteiger partial charge in [-0.15, -0.1) is 0 Å². The number of halogens is 2. The topological polar surface area (TPSA) is 66.8 Å². The summed E-state index contributed by atoms with van der Waals surface area (Å²) in [6, 6.07) is 16.0. The van der Waals surface area contributed by atoms with Gasteiger partial charge in [0.05, 0.1) is 19.3 Å². The fraction of sp³-hybridized carbons (Fsp3) is 0.440. The van der Waals surface area contributed by atoms with Crippen LogP contribution in [0.25, 0.3) is 11.1 Å². The molecule has 0 bridgehead atoms. The highest BCUT2D eigenvalue weighted by atomic mass is 19.1. The van der Waals surface area contributed by atoms with Crippen LogP contribution in [0, 0.1) is 16.7 Å². The van der Waals surface area contributed by atoms with Crippen LogP contribution in [0.4, 0.5) is 13.6 Å². The zero-order chi connectivity index (χ0) is 22.5. The van der Waals surface area contributed by atoms with Gasteiger partial charge in [-0.25, -0.2) is 4.79 Å². The molecule has 1 saturated carbocycles. The third kappa shape index (κ3) is 3.09. The maximum absolute atomic E-state index is 13.4. The molecule has 1 unspecified atom stereocenters. The number of carboxylic acids is 1. The van der Waals surface area contributed by atoms with E-state index < -0.39 is 42.2 Å². The number of nitrogens with zero attached hydrogens (tertiary/aromatic N) is 1. The number of amides is 1. The van der Waals surface area contributed by atoms with Crippen molar-refractivity contribution in [3.05, 3.63) is 59.7 Å². The van der Waals surface area contributed by atoms with Crippen LogP contribution < -0.4 is 0 Å². The summed E-state index contributed by atoms with van der Waals surface area (Å²) in [6.45, 7) is -1.33. The van der Waals surface area contributed by atoms with E-state index in [1.807, 2.05) is 36.4 Å². The molecular weight excluding hydrogens is 416 g/mol. The molecule has 2 aromatic carbocycles. The molecule has 1 atom stereocenters. The lowest BCUT2D eigenvalue weighted by Crippen LogP contribution is -2.55. The second-order valence-corrected chi connectivity index (χ2v) is 9.56. The molecule has 3 aliphatic rings. The van der Waals surface area contributed by atoms with E-state index in [2.05, 4.69) is 12.1 Å². The quantitative estimate of drug-likeness (QED) is 0.733. The standard InChI is InChI=1S/C25H25F2NO4/c26-13-24(14-27)11-25(12-24)15-28(9-21(25)22(29)30)23(31)32-10-20-18-7-3-1-5-16(18)17-6-2-4-8-19(17)20/h1-8,20-21H,9-15H2,(H,29,30). The van der Waals surface area contributed by atoms with Gasteiger partial charge in [-0.3, -0.25) is 13.6 Å². The van der Waals surface area contributed by atoms with Crippen molar-refractivity contribution in [2.75, 3.05) is 33.0 Å². The van der Waals surface area contributed by atoms with E-state index in [0.717, 1.165) is 22.3 Å². The molecule has 7 heteroatoms. The normalized spacial score (nSPS) is 22.3. The Balaban J connectivity index is 1.30. The Hall–Kier alpha value is -2.96. The molecule has 0 aromatic heterocycles. The molecule has 2 aromatic rings. The zero-order valence-corrected chi connectivity index (χ0v) is 17.6. The van der Waals surface area contributed by atoms with Gasteiger partial charge in [-0.05, 0) is 35.1 Å². The van der Waals surface area contributed by atoms with Crippen molar-refractivity contribution < 1.29 is 28.2 Å². The molecule has 1 saturated heterocycles. The highest BCUT2D eigenvalue weighted by Crippen LogP contribution is 2.61. The summed E-state index contributed by atoms with van der Waals surface area (Å²) >= 11 is 0. The lowest BCUT2D eigenvalue weighted by atomic mass is 9.50. The maximum Gasteiger partial charge on any atom is 0.409 e. The highest BCUT2D eigenvalue weighted by molar-refractivity contribution is 5.79. The van der Waals surface area contributed by atoms with Gasteiger partial charge in [0.2, 0.25) is 0 Å². The van der Waals surface area contributed by atoms with Gasteiger partial charge in [-0.2, -0.15) is 0 Å². The Kier molecular flexibility index (Phi) is 4.95. The van der Waals surface area contributed by atoms with Crippen LogP contribution in [0.3, 0.4) is 0 Å². The number of ether oxygens (including phenoxy) is 1. The number of rotatable bonds is 5. The molecule has 1 aliphatic heterocycles. The third-order valence-electron chi connectivity index (χ3n) is 7.56. The van der Waals surface area contributed by atoms with Crippen LogP contribution in [0.1, 0.15) is 29.9 Å².